The zero-order valence-electron chi connectivity index (χ0n) is 11.2. The minimum atomic E-state index is -0.234. The lowest BCUT2D eigenvalue weighted by Crippen LogP contribution is -2.16. The van der Waals surface area contributed by atoms with Crippen LogP contribution in [0.25, 0.3) is 0 Å². The average Bonchev–Trinajstić information content (AvgIpc) is 3.17. The molecule has 2 aromatic rings. The molecule has 1 aliphatic carbocycles. The third-order valence-electron chi connectivity index (χ3n) is 3.38. The molecule has 0 saturated heterocycles. The number of hydrogen-bond donors (Lipinski definition) is 0. The van der Waals surface area contributed by atoms with E-state index in [2.05, 4.69) is 4.98 Å². The molecule has 1 heterocycles. The van der Waals surface area contributed by atoms with Gasteiger partial charge in [0, 0.05) is 19.5 Å². The minimum Gasteiger partial charge on any atom is -0.347 e. The van der Waals surface area contributed by atoms with Crippen LogP contribution in [-0.2, 0) is 6.54 Å². The Morgan fingerprint density at radius 3 is 2.95 bits per heavy atom. The molecule has 3 rings (SSSR count). The molecule has 1 saturated carbocycles. The van der Waals surface area contributed by atoms with E-state index in [0.29, 0.717) is 12.5 Å². The third-order valence-corrected chi connectivity index (χ3v) is 4.49. The van der Waals surface area contributed by atoms with Gasteiger partial charge >= 0.3 is 0 Å². The van der Waals surface area contributed by atoms with Gasteiger partial charge in [-0.1, -0.05) is 23.5 Å². The Labute approximate surface area is 121 Å². The van der Waals surface area contributed by atoms with Crippen molar-refractivity contribution in [3.05, 3.63) is 46.2 Å². The van der Waals surface area contributed by atoms with Gasteiger partial charge in [-0.3, -0.25) is 4.79 Å². The van der Waals surface area contributed by atoms with Gasteiger partial charge in [0.05, 0.1) is 10.6 Å². The summed E-state index contributed by atoms with van der Waals surface area (Å²) in [5.74, 6) is 0.227. The van der Waals surface area contributed by atoms with Crippen LogP contribution in [0.4, 0.5) is 9.52 Å². The lowest BCUT2D eigenvalue weighted by Gasteiger charge is -2.15. The minimum absolute atomic E-state index is 0.234. The summed E-state index contributed by atoms with van der Waals surface area (Å²) in [6.07, 6.45) is 3.14. The van der Waals surface area contributed by atoms with Gasteiger partial charge in [0.1, 0.15) is 5.82 Å². The van der Waals surface area contributed by atoms with Gasteiger partial charge in [-0.2, -0.15) is 0 Å². The number of nitrogens with zero attached hydrogens (tertiary/aromatic N) is 2. The zero-order chi connectivity index (χ0) is 14.1. The van der Waals surface area contributed by atoms with Crippen LogP contribution in [0.5, 0.6) is 0 Å². The topological polar surface area (TPSA) is 33.2 Å². The number of carbonyl (C=O) groups excluding carboxylic acids is 1. The second kappa shape index (κ2) is 5.32. The maximum atomic E-state index is 13.2. The van der Waals surface area contributed by atoms with Crippen LogP contribution in [0.1, 0.15) is 39.7 Å². The number of benzene rings is 1. The summed E-state index contributed by atoms with van der Waals surface area (Å²) in [7, 11) is 1.91. The largest absolute Gasteiger partial charge is 0.347 e. The highest BCUT2D eigenvalue weighted by atomic mass is 32.1. The summed E-state index contributed by atoms with van der Waals surface area (Å²) in [4.78, 5) is 18.4. The number of halogens is 1. The van der Waals surface area contributed by atoms with Crippen LogP contribution in [0, 0.1) is 5.82 Å². The molecule has 1 aromatic carbocycles. The van der Waals surface area contributed by atoms with Crippen LogP contribution in [0.2, 0.25) is 0 Å². The lowest BCUT2D eigenvalue weighted by atomic mass is 10.2. The fraction of sp³-hybridized carbons (Fsp3) is 0.333. The van der Waals surface area contributed by atoms with E-state index in [-0.39, 0.29) is 5.82 Å². The summed E-state index contributed by atoms with van der Waals surface area (Å²) >= 11 is 1.41. The molecule has 0 amide bonds. The maximum Gasteiger partial charge on any atom is 0.186 e. The van der Waals surface area contributed by atoms with Gasteiger partial charge in [-0.15, -0.1) is 0 Å². The monoisotopic (exact) mass is 290 g/mol. The fourth-order valence-corrected chi connectivity index (χ4v) is 3.13. The van der Waals surface area contributed by atoms with E-state index in [9.17, 15) is 9.18 Å². The molecule has 0 atom stereocenters. The fourth-order valence-electron chi connectivity index (χ4n) is 2.21. The van der Waals surface area contributed by atoms with Gasteiger partial charge in [-0.05, 0) is 30.5 Å². The van der Waals surface area contributed by atoms with Crippen molar-refractivity contribution >= 4 is 22.8 Å². The first kappa shape index (κ1) is 13.2. The van der Waals surface area contributed by atoms with Crippen molar-refractivity contribution in [3.63, 3.8) is 0 Å². The standard InChI is InChI=1S/C15H15FN2OS/c1-18(8-10-3-2-4-12(16)7-10)15-17-14(11-5-6-11)13(9-19)20-15/h2-4,7,9,11H,5-6,8H2,1H3. The SMILES string of the molecule is CN(Cc1cccc(F)c1)c1nc(C2CC2)c(C=O)s1. The number of carbonyl (C=O) groups is 1. The second-order valence-electron chi connectivity index (χ2n) is 5.12. The predicted octanol–water partition coefficient (Wildman–Crippen LogP) is 3.61. The van der Waals surface area contributed by atoms with Crippen molar-refractivity contribution in [1.82, 2.24) is 4.98 Å². The number of anilines is 1. The van der Waals surface area contributed by atoms with Crippen molar-refractivity contribution in [2.45, 2.75) is 25.3 Å². The van der Waals surface area contributed by atoms with E-state index in [4.69, 9.17) is 0 Å². The molecule has 3 nitrogen and oxygen atoms in total. The summed E-state index contributed by atoms with van der Waals surface area (Å²) in [5, 5.41) is 0.818. The smallest absolute Gasteiger partial charge is 0.186 e. The Morgan fingerprint density at radius 2 is 2.30 bits per heavy atom. The molecule has 0 aliphatic heterocycles. The molecule has 0 N–H and O–H groups in total. The number of thiazole rings is 1. The maximum absolute atomic E-state index is 13.2. The van der Waals surface area contributed by atoms with Crippen LogP contribution in [-0.4, -0.2) is 18.3 Å². The molecule has 5 heteroatoms. The van der Waals surface area contributed by atoms with Crippen molar-refractivity contribution < 1.29 is 9.18 Å². The molecule has 1 aliphatic rings. The van der Waals surface area contributed by atoms with E-state index in [1.54, 1.807) is 6.07 Å². The Bertz CT molecular complexity index is 637. The van der Waals surface area contributed by atoms with Gasteiger partial charge in [0.15, 0.2) is 11.4 Å². The lowest BCUT2D eigenvalue weighted by molar-refractivity contribution is 0.112. The molecular weight excluding hydrogens is 275 g/mol. The molecular formula is C15H15FN2OS. The summed E-state index contributed by atoms with van der Waals surface area (Å²) in [5.41, 5.74) is 1.83. The van der Waals surface area contributed by atoms with Crippen molar-refractivity contribution in [1.29, 1.82) is 0 Å². The molecule has 0 radical (unpaired) electrons. The molecule has 0 unspecified atom stereocenters. The first-order valence-corrected chi connectivity index (χ1v) is 7.40. The quantitative estimate of drug-likeness (QED) is 0.789. The summed E-state index contributed by atoms with van der Waals surface area (Å²) in [6.45, 7) is 0.577. The Kier molecular flexibility index (Phi) is 3.53. The average molecular weight is 290 g/mol. The van der Waals surface area contributed by atoms with Crippen LogP contribution in [0.3, 0.4) is 0 Å². The van der Waals surface area contributed by atoms with E-state index < -0.39 is 0 Å². The normalized spacial score (nSPS) is 14.3. The van der Waals surface area contributed by atoms with Crippen LogP contribution in [0.15, 0.2) is 24.3 Å². The van der Waals surface area contributed by atoms with Crippen molar-refractivity contribution in [3.8, 4) is 0 Å². The van der Waals surface area contributed by atoms with Crippen molar-refractivity contribution in [2.75, 3.05) is 11.9 Å². The molecule has 0 bridgehead atoms. The van der Waals surface area contributed by atoms with Gasteiger partial charge in [0.25, 0.3) is 0 Å². The summed E-state index contributed by atoms with van der Waals surface area (Å²) < 4.78 is 13.2. The first-order chi connectivity index (χ1) is 9.67. The highest BCUT2D eigenvalue weighted by Crippen LogP contribution is 2.43. The van der Waals surface area contributed by atoms with E-state index in [0.717, 1.165) is 40.4 Å². The molecule has 104 valence electrons. The molecule has 0 spiro atoms. The number of aldehydes is 1. The molecule has 1 fully saturated rings. The Hall–Kier alpha value is -1.75. The van der Waals surface area contributed by atoms with Crippen molar-refractivity contribution in [2.24, 2.45) is 0 Å². The number of rotatable bonds is 5. The van der Waals surface area contributed by atoms with Crippen LogP contribution >= 0.6 is 11.3 Å². The van der Waals surface area contributed by atoms with Gasteiger partial charge in [0.2, 0.25) is 0 Å². The second-order valence-corrected chi connectivity index (χ2v) is 6.13. The van der Waals surface area contributed by atoms with E-state index >= 15 is 0 Å². The highest BCUT2D eigenvalue weighted by Gasteiger charge is 2.30. The predicted molar refractivity (Wildman–Crippen MR) is 78.0 cm³/mol. The van der Waals surface area contributed by atoms with E-state index in [1.165, 1.54) is 23.5 Å². The molecule has 20 heavy (non-hydrogen) atoms. The van der Waals surface area contributed by atoms with Gasteiger partial charge < -0.3 is 4.90 Å². The summed E-state index contributed by atoms with van der Waals surface area (Å²) in [6, 6.07) is 6.54. The van der Waals surface area contributed by atoms with Crippen LogP contribution < -0.4 is 4.90 Å². The Balaban J connectivity index is 1.79. The van der Waals surface area contributed by atoms with Gasteiger partial charge in [-0.25, -0.2) is 9.37 Å². The number of aromatic nitrogens is 1. The third kappa shape index (κ3) is 2.72. The Morgan fingerprint density at radius 1 is 1.50 bits per heavy atom. The molecule has 1 aromatic heterocycles. The zero-order valence-corrected chi connectivity index (χ0v) is 12.0. The number of hydrogen-bond acceptors (Lipinski definition) is 4. The van der Waals surface area contributed by atoms with E-state index in [1.807, 2.05) is 18.0 Å². The highest BCUT2D eigenvalue weighted by molar-refractivity contribution is 7.17. The first-order valence-electron chi connectivity index (χ1n) is 6.59.